The van der Waals surface area contributed by atoms with E-state index in [1.165, 1.54) is 19.5 Å². The summed E-state index contributed by atoms with van der Waals surface area (Å²) in [7, 11) is 0. The van der Waals surface area contributed by atoms with Crippen molar-refractivity contribution in [3.05, 3.63) is 0 Å². The van der Waals surface area contributed by atoms with Crippen molar-refractivity contribution < 1.29 is 0 Å². The molecule has 1 atom stereocenters. The fourth-order valence-electron chi connectivity index (χ4n) is 2.55. The van der Waals surface area contributed by atoms with E-state index < -0.39 is 0 Å². The van der Waals surface area contributed by atoms with E-state index in [9.17, 15) is 0 Å². The average Bonchev–Trinajstić information content (AvgIpc) is 2.79. The summed E-state index contributed by atoms with van der Waals surface area (Å²) in [5, 5.41) is 3.37. The quantitative estimate of drug-likeness (QED) is 0.708. The minimum atomic E-state index is 0.611. The number of likely N-dealkylation sites (tertiary alicyclic amines) is 1. The van der Waals surface area contributed by atoms with Crippen molar-refractivity contribution in [2.75, 3.05) is 45.8 Å². The van der Waals surface area contributed by atoms with Gasteiger partial charge in [-0.1, -0.05) is 11.8 Å². The van der Waals surface area contributed by atoms with Crippen LogP contribution in [0, 0.1) is 17.8 Å². The lowest BCUT2D eigenvalue weighted by molar-refractivity contribution is 0.267. The van der Waals surface area contributed by atoms with Crippen LogP contribution in [0.1, 0.15) is 20.3 Å². The van der Waals surface area contributed by atoms with E-state index in [4.69, 9.17) is 0 Å². The summed E-state index contributed by atoms with van der Waals surface area (Å²) in [6.07, 6.45) is 1.26. The van der Waals surface area contributed by atoms with Gasteiger partial charge in [0, 0.05) is 44.7 Å². The zero-order valence-corrected chi connectivity index (χ0v) is 11.2. The highest BCUT2D eigenvalue weighted by Gasteiger charge is 2.22. The Morgan fingerprint density at radius 1 is 1.24 bits per heavy atom. The lowest BCUT2D eigenvalue weighted by Gasteiger charge is -2.24. The molecule has 0 aromatic carbocycles. The molecule has 3 heteroatoms. The third kappa shape index (κ3) is 3.99. The molecule has 1 unspecified atom stereocenters. The second kappa shape index (κ2) is 6.39. The van der Waals surface area contributed by atoms with Crippen molar-refractivity contribution in [2.45, 2.75) is 26.3 Å². The minimum absolute atomic E-state index is 0.611. The Morgan fingerprint density at radius 3 is 2.65 bits per heavy atom. The molecule has 2 aliphatic rings. The van der Waals surface area contributed by atoms with Crippen molar-refractivity contribution in [1.82, 2.24) is 15.1 Å². The van der Waals surface area contributed by atoms with Gasteiger partial charge in [-0.25, -0.2) is 0 Å². The number of piperazine rings is 1. The van der Waals surface area contributed by atoms with E-state index in [-0.39, 0.29) is 0 Å². The van der Waals surface area contributed by atoms with E-state index in [0.717, 1.165) is 32.7 Å². The molecule has 0 radical (unpaired) electrons. The largest absolute Gasteiger partial charge is 0.314 e. The monoisotopic (exact) mass is 235 g/mol. The van der Waals surface area contributed by atoms with Crippen LogP contribution >= 0.6 is 0 Å². The molecule has 2 heterocycles. The van der Waals surface area contributed by atoms with Crippen LogP contribution in [0.3, 0.4) is 0 Å². The normalized spacial score (nSPS) is 27.1. The van der Waals surface area contributed by atoms with E-state index in [1.807, 2.05) is 0 Å². The molecule has 2 aliphatic heterocycles. The first-order valence-electron chi connectivity index (χ1n) is 6.91. The first-order valence-corrected chi connectivity index (χ1v) is 6.91. The molecule has 96 valence electrons. The zero-order chi connectivity index (χ0) is 12.1. The maximum atomic E-state index is 3.46. The molecule has 0 aliphatic carbocycles. The Kier molecular flexibility index (Phi) is 4.85. The molecule has 0 aromatic heterocycles. The number of nitrogens with one attached hydrogen (secondary N) is 1. The molecule has 0 saturated carbocycles. The molecule has 2 fully saturated rings. The molecule has 0 amide bonds. The Morgan fingerprint density at radius 2 is 2.00 bits per heavy atom. The standard InChI is InChI=1S/C14H25N3/c1-13(2)17-9-5-14(12-17)4-3-8-16-10-6-15-7-11-16/h13-15H,5-12H2,1-2H3. The number of hydrogen-bond acceptors (Lipinski definition) is 3. The van der Waals surface area contributed by atoms with Crippen molar-refractivity contribution in [3.63, 3.8) is 0 Å². The second-order valence-electron chi connectivity index (χ2n) is 5.42. The SMILES string of the molecule is CC(C)N1CCC(C#CCN2CCNCC2)C1. The van der Waals surface area contributed by atoms with Crippen molar-refractivity contribution in [2.24, 2.45) is 5.92 Å². The maximum absolute atomic E-state index is 3.46. The first kappa shape index (κ1) is 12.9. The summed E-state index contributed by atoms with van der Waals surface area (Å²) < 4.78 is 0. The molecule has 2 rings (SSSR count). The van der Waals surface area contributed by atoms with Crippen molar-refractivity contribution >= 4 is 0 Å². The summed E-state index contributed by atoms with van der Waals surface area (Å²) in [6.45, 7) is 12.4. The van der Waals surface area contributed by atoms with E-state index in [1.54, 1.807) is 0 Å². The van der Waals surface area contributed by atoms with Gasteiger partial charge in [0.2, 0.25) is 0 Å². The van der Waals surface area contributed by atoms with Gasteiger partial charge in [-0.3, -0.25) is 9.80 Å². The summed E-state index contributed by atoms with van der Waals surface area (Å²) in [5.74, 6) is 7.45. The Labute approximate surface area is 106 Å². The highest BCUT2D eigenvalue weighted by molar-refractivity contribution is 5.08. The Hall–Kier alpha value is -0.560. The molecule has 1 N–H and O–H groups in total. The van der Waals surface area contributed by atoms with Crippen LogP contribution in [0.5, 0.6) is 0 Å². The highest BCUT2D eigenvalue weighted by Crippen LogP contribution is 2.17. The maximum Gasteiger partial charge on any atom is 0.0602 e. The minimum Gasteiger partial charge on any atom is -0.314 e. The average molecular weight is 235 g/mol. The predicted molar refractivity (Wildman–Crippen MR) is 71.9 cm³/mol. The lowest BCUT2D eigenvalue weighted by Crippen LogP contribution is -2.43. The number of rotatable bonds is 2. The van der Waals surface area contributed by atoms with E-state index in [0.29, 0.717) is 12.0 Å². The molecular formula is C14H25N3. The van der Waals surface area contributed by atoms with Crippen LogP contribution in [0.2, 0.25) is 0 Å². The van der Waals surface area contributed by atoms with Crippen molar-refractivity contribution in [1.29, 1.82) is 0 Å². The molecule has 0 spiro atoms. The van der Waals surface area contributed by atoms with Crippen LogP contribution in [-0.2, 0) is 0 Å². The topological polar surface area (TPSA) is 18.5 Å². The summed E-state index contributed by atoms with van der Waals surface area (Å²) >= 11 is 0. The Bertz CT molecular complexity index is 284. The second-order valence-corrected chi connectivity index (χ2v) is 5.42. The van der Waals surface area contributed by atoms with Gasteiger partial charge in [-0.2, -0.15) is 0 Å². The molecule has 2 saturated heterocycles. The first-order chi connectivity index (χ1) is 8.25. The molecule has 0 aromatic rings. The van der Waals surface area contributed by atoms with Crippen LogP contribution in [-0.4, -0.2) is 61.7 Å². The van der Waals surface area contributed by atoms with E-state index in [2.05, 4.69) is 40.8 Å². The fraction of sp³-hybridized carbons (Fsp3) is 0.857. The fourth-order valence-corrected chi connectivity index (χ4v) is 2.55. The smallest absolute Gasteiger partial charge is 0.0602 e. The van der Waals surface area contributed by atoms with Gasteiger partial charge in [-0.05, 0) is 26.8 Å². The van der Waals surface area contributed by atoms with E-state index >= 15 is 0 Å². The number of hydrogen-bond donors (Lipinski definition) is 1. The van der Waals surface area contributed by atoms with Crippen LogP contribution in [0.4, 0.5) is 0 Å². The van der Waals surface area contributed by atoms with Gasteiger partial charge in [-0.15, -0.1) is 0 Å². The Balaban J connectivity index is 1.70. The highest BCUT2D eigenvalue weighted by atomic mass is 15.2. The number of nitrogens with zero attached hydrogens (tertiary/aromatic N) is 2. The van der Waals surface area contributed by atoms with Gasteiger partial charge in [0.15, 0.2) is 0 Å². The van der Waals surface area contributed by atoms with Crippen LogP contribution in [0.15, 0.2) is 0 Å². The predicted octanol–water partition coefficient (Wildman–Crippen LogP) is 0.625. The van der Waals surface area contributed by atoms with Crippen molar-refractivity contribution in [3.8, 4) is 11.8 Å². The van der Waals surface area contributed by atoms with Gasteiger partial charge in [0.05, 0.1) is 6.54 Å². The molecule has 17 heavy (non-hydrogen) atoms. The zero-order valence-electron chi connectivity index (χ0n) is 11.2. The van der Waals surface area contributed by atoms with Gasteiger partial charge < -0.3 is 5.32 Å². The van der Waals surface area contributed by atoms with Gasteiger partial charge in [0.25, 0.3) is 0 Å². The third-order valence-electron chi connectivity index (χ3n) is 3.77. The van der Waals surface area contributed by atoms with Crippen LogP contribution < -0.4 is 5.32 Å². The van der Waals surface area contributed by atoms with Crippen LogP contribution in [0.25, 0.3) is 0 Å². The van der Waals surface area contributed by atoms with Gasteiger partial charge >= 0.3 is 0 Å². The molecule has 0 bridgehead atoms. The molecule has 3 nitrogen and oxygen atoms in total. The third-order valence-corrected chi connectivity index (χ3v) is 3.77. The summed E-state index contributed by atoms with van der Waals surface area (Å²) in [6, 6.07) is 0.676. The lowest BCUT2D eigenvalue weighted by atomic mass is 10.1. The summed E-state index contributed by atoms with van der Waals surface area (Å²) in [4.78, 5) is 4.98. The summed E-state index contributed by atoms with van der Waals surface area (Å²) in [5.41, 5.74) is 0. The molecular weight excluding hydrogens is 210 g/mol. The van der Waals surface area contributed by atoms with Gasteiger partial charge in [0.1, 0.15) is 0 Å².